The quantitative estimate of drug-likeness (QED) is 0.220. The van der Waals surface area contributed by atoms with E-state index in [-0.39, 0.29) is 11.8 Å². The van der Waals surface area contributed by atoms with Crippen molar-refractivity contribution in [1.82, 2.24) is 0 Å². The van der Waals surface area contributed by atoms with Crippen molar-refractivity contribution in [1.29, 1.82) is 0 Å². The fraction of sp³-hybridized carbons (Fsp3) is 0.0526. The second-order valence-corrected chi connectivity index (χ2v) is 11.5. The summed E-state index contributed by atoms with van der Waals surface area (Å²) in [5, 5.41) is 2.72. The van der Waals surface area contributed by atoms with Crippen molar-refractivity contribution in [3.05, 3.63) is 173 Å². The molecule has 0 saturated carbocycles. The van der Waals surface area contributed by atoms with Gasteiger partial charge in [0.25, 0.3) is 0 Å². The summed E-state index contributed by atoms with van der Waals surface area (Å²) in [5.74, 6) is 0.527. The van der Waals surface area contributed by atoms with Crippen molar-refractivity contribution in [2.24, 2.45) is 5.92 Å². The topological polar surface area (TPSA) is 0 Å². The molecular formula is C38H26S. The molecule has 8 rings (SSSR count). The maximum atomic E-state index is 2.46. The molecule has 5 aromatic carbocycles. The summed E-state index contributed by atoms with van der Waals surface area (Å²) in [6, 6.07) is 44.7. The van der Waals surface area contributed by atoms with Crippen LogP contribution in [0.1, 0.15) is 28.2 Å². The Balaban J connectivity index is 1.38. The van der Waals surface area contributed by atoms with Crippen LogP contribution in [0.5, 0.6) is 0 Å². The average Bonchev–Trinajstić information content (AvgIpc) is 3.38. The number of rotatable bonds is 3. The normalized spacial score (nSPS) is 17.9. The van der Waals surface area contributed by atoms with Crippen molar-refractivity contribution < 1.29 is 0 Å². The third-order valence-corrected chi connectivity index (χ3v) is 9.47. The molecule has 6 aromatic rings. The Bertz CT molecular complexity index is 1970. The molecule has 2 aliphatic rings. The van der Waals surface area contributed by atoms with Crippen LogP contribution in [0.2, 0.25) is 0 Å². The Morgan fingerprint density at radius 2 is 1.26 bits per heavy atom. The van der Waals surface area contributed by atoms with Gasteiger partial charge in [0.2, 0.25) is 0 Å². The van der Waals surface area contributed by atoms with E-state index in [1.54, 1.807) is 0 Å². The van der Waals surface area contributed by atoms with Gasteiger partial charge in [0.15, 0.2) is 0 Å². The maximum Gasteiger partial charge on any atom is 0.0355 e. The highest BCUT2D eigenvalue weighted by Gasteiger charge is 2.36. The summed E-state index contributed by atoms with van der Waals surface area (Å²) in [4.78, 5) is 0. The Morgan fingerprint density at radius 1 is 0.538 bits per heavy atom. The summed E-state index contributed by atoms with van der Waals surface area (Å²) in [7, 11) is 0. The number of thiophene rings is 1. The van der Waals surface area contributed by atoms with Crippen molar-refractivity contribution in [2.75, 3.05) is 0 Å². The number of allylic oxidation sites excluding steroid dienone is 5. The monoisotopic (exact) mass is 514 g/mol. The first kappa shape index (κ1) is 22.5. The molecule has 39 heavy (non-hydrogen) atoms. The maximum absolute atomic E-state index is 2.46. The summed E-state index contributed by atoms with van der Waals surface area (Å²) < 4.78 is 2.71. The molecule has 0 nitrogen and oxygen atoms in total. The zero-order chi connectivity index (χ0) is 25.8. The first-order chi connectivity index (χ1) is 19.4. The first-order valence-corrected chi connectivity index (χ1v) is 14.4. The molecule has 0 amide bonds. The molecule has 1 heterocycles. The molecule has 0 bridgehead atoms. The Kier molecular flexibility index (Phi) is 5.24. The zero-order valence-electron chi connectivity index (χ0n) is 21.4. The van der Waals surface area contributed by atoms with Gasteiger partial charge in [-0.2, -0.15) is 0 Å². The van der Waals surface area contributed by atoms with E-state index in [0.717, 1.165) is 0 Å². The SMILES string of the molecule is C1=CC2=C(c3ccccc3-c3ccccc3)c3ccccc3C(c3ccc4sc5ccccc5c4c3)C2C=C1. The van der Waals surface area contributed by atoms with E-state index in [1.807, 2.05) is 11.3 Å². The van der Waals surface area contributed by atoms with Crippen molar-refractivity contribution in [2.45, 2.75) is 5.92 Å². The van der Waals surface area contributed by atoms with E-state index >= 15 is 0 Å². The van der Waals surface area contributed by atoms with Crippen LogP contribution >= 0.6 is 11.3 Å². The lowest BCUT2D eigenvalue weighted by Gasteiger charge is -2.37. The van der Waals surface area contributed by atoms with E-state index in [0.29, 0.717) is 0 Å². The Morgan fingerprint density at radius 3 is 2.15 bits per heavy atom. The van der Waals surface area contributed by atoms with Gasteiger partial charge in [0, 0.05) is 32.0 Å². The van der Waals surface area contributed by atoms with Crippen molar-refractivity contribution >= 4 is 37.1 Å². The van der Waals surface area contributed by atoms with Gasteiger partial charge in [-0.25, -0.2) is 0 Å². The smallest absolute Gasteiger partial charge is 0.0355 e. The molecule has 2 unspecified atom stereocenters. The second kappa shape index (κ2) is 9.08. The first-order valence-electron chi connectivity index (χ1n) is 13.6. The average molecular weight is 515 g/mol. The Hall–Kier alpha value is -4.46. The summed E-state index contributed by atoms with van der Waals surface area (Å²) in [5.41, 5.74) is 10.7. The highest BCUT2D eigenvalue weighted by molar-refractivity contribution is 7.25. The molecule has 0 fully saturated rings. The zero-order valence-corrected chi connectivity index (χ0v) is 22.2. The lowest BCUT2D eigenvalue weighted by atomic mass is 9.66. The van der Waals surface area contributed by atoms with Gasteiger partial charge in [0.1, 0.15) is 0 Å². The number of hydrogen-bond acceptors (Lipinski definition) is 1. The van der Waals surface area contributed by atoms with Crippen LogP contribution in [0.4, 0.5) is 0 Å². The lowest BCUT2D eigenvalue weighted by Crippen LogP contribution is -2.23. The third kappa shape index (κ3) is 3.58. The minimum Gasteiger partial charge on any atom is -0.135 e. The van der Waals surface area contributed by atoms with Crippen LogP contribution < -0.4 is 0 Å². The van der Waals surface area contributed by atoms with Gasteiger partial charge < -0.3 is 0 Å². The van der Waals surface area contributed by atoms with Crippen molar-refractivity contribution in [3.8, 4) is 11.1 Å². The second-order valence-electron chi connectivity index (χ2n) is 10.4. The molecule has 2 aliphatic carbocycles. The molecular weight excluding hydrogens is 488 g/mol. The summed E-state index contributed by atoms with van der Waals surface area (Å²) in [6.45, 7) is 0. The predicted octanol–water partition coefficient (Wildman–Crippen LogP) is 10.4. The van der Waals surface area contributed by atoms with Crippen LogP contribution in [0.15, 0.2) is 151 Å². The minimum atomic E-state index is 0.257. The van der Waals surface area contributed by atoms with Gasteiger partial charge in [-0.1, -0.05) is 127 Å². The van der Waals surface area contributed by atoms with Gasteiger partial charge in [-0.05, 0) is 62.7 Å². The minimum absolute atomic E-state index is 0.257. The number of fused-ring (bicyclic) bond motifs is 5. The van der Waals surface area contributed by atoms with Gasteiger partial charge in [0.05, 0.1) is 0 Å². The predicted molar refractivity (Wildman–Crippen MR) is 167 cm³/mol. The summed E-state index contributed by atoms with van der Waals surface area (Å²) in [6.07, 6.45) is 9.20. The van der Waals surface area contributed by atoms with E-state index in [2.05, 4.69) is 146 Å². The van der Waals surface area contributed by atoms with Crippen LogP contribution in [0, 0.1) is 5.92 Å². The number of hydrogen-bond donors (Lipinski definition) is 0. The Labute approximate surface area is 232 Å². The van der Waals surface area contributed by atoms with E-state index < -0.39 is 0 Å². The number of benzene rings is 5. The molecule has 184 valence electrons. The lowest BCUT2D eigenvalue weighted by molar-refractivity contribution is 0.649. The van der Waals surface area contributed by atoms with Crippen LogP contribution in [-0.2, 0) is 0 Å². The van der Waals surface area contributed by atoms with Gasteiger partial charge in [-0.3, -0.25) is 0 Å². The molecule has 0 radical (unpaired) electrons. The molecule has 1 heteroatoms. The summed E-state index contributed by atoms with van der Waals surface area (Å²) >= 11 is 1.89. The van der Waals surface area contributed by atoms with Gasteiger partial charge >= 0.3 is 0 Å². The van der Waals surface area contributed by atoms with Gasteiger partial charge in [-0.15, -0.1) is 11.3 Å². The van der Waals surface area contributed by atoms with E-state index in [1.165, 1.54) is 64.7 Å². The molecule has 0 N–H and O–H groups in total. The van der Waals surface area contributed by atoms with Crippen molar-refractivity contribution in [3.63, 3.8) is 0 Å². The third-order valence-electron chi connectivity index (χ3n) is 8.32. The standard InChI is InChI=1S/C38H26S/c1-2-12-25(13-3-1)27-14-4-5-16-29(27)38-32-19-8-6-17-30(32)37(31-18-7-9-20-33(31)38)26-22-23-36-34(24-26)28-15-10-11-21-35(28)39-36/h1-24,30,37H. The van der Waals surface area contributed by atoms with E-state index in [9.17, 15) is 0 Å². The van der Waals surface area contributed by atoms with Crippen LogP contribution in [0.3, 0.4) is 0 Å². The molecule has 2 atom stereocenters. The highest BCUT2D eigenvalue weighted by atomic mass is 32.1. The molecule has 1 aromatic heterocycles. The largest absolute Gasteiger partial charge is 0.135 e. The fourth-order valence-corrected chi connectivity index (χ4v) is 7.72. The van der Waals surface area contributed by atoms with E-state index in [4.69, 9.17) is 0 Å². The molecule has 0 spiro atoms. The molecule has 0 saturated heterocycles. The van der Waals surface area contributed by atoms with Crippen LogP contribution in [-0.4, -0.2) is 0 Å². The molecule has 0 aliphatic heterocycles. The van der Waals surface area contributed by atoms with Crippen LogP contribution in [0.25, 0.3) is 36.9 Å². The highest BCUT2D eigenvalue weighted by Crippen LogP contribution is 2.52. The fourth-order valence-electron chi connectivity index (χ4n) is 6.64.